The zero-order chi connectivity index (χ0) is 8.32. The second-order valence-corrected chi connectivity index (χ2v) is 4.43. The molecule has 0 N–H and O–H groups in total. The Labute approximate surface area is 74.9 Å². The molecular formula is C9H19ClN+. The summed E-state index contributed by atoms with van der Waals surface area (Å²) in [5.74, 6) is 0. The highest BCUT2D eigenvalue weighted by Crippen LogP contribution is 2.25. The topological polar surface area (TPSA) is 0 Å². The third-order valence-electron chi connectivity index (χ3n) is 2.87. The molecule has 0 aromatic rings. The highest BCUT2D eigenvalue weighted by Gasteiger charge is 2.28. The molecule has 1 saturated carbocycles. The second kappa shape index (κ2) is 3.77. The van der Waals surface area contributed by atoms with Crippen LogP contribution in [0.2, 0.25) is 0 Å². The third-order valence-corrected chi connectivity index (χ3v) is 3.49. The smallest absolute Gasteiger partial charge is 0.154 e. The summed E-state index contributed by atoms with van der Waals surface area (Å²) in [4.78, 5) is 0. The van der Waals surface area contributed by atoms with Crippen molar-refractivity contribution in [3.63, 3.8) is 0 Å². The van der Waals surface area contributed by atoms with E-state index in [2.05, 4.69) is 14.1 Å². The van der Waals surface area contributed by atoms with Gasteiger partial charge in [-0.25, -0.2) is 0 Å². The van der Waals surface area contributed by atoms with Crippen LogP contribution in [0.5, 0.6) is 0 Å². The SMILES string of the molecule is C[N+](C)(CCl)C1CCCCC1. The molecule has 0 aromatic carbocycles. The van der Waals surface area contributed by atoms with Crippen LogP contribution in [0.4, 0.5) is 0 Å². The summed E-state index contributed by atoms with van der Waals surface area (Å²) >= 11 is 5.90. The van der Waals surface area contributed by atoms with Crippen molar-refractivity contribution in [2.45, 2.75) is 38.1 Å². The molecule has 0 bridgehead atoms. The van der Waals surface area contributed by atoms with E-state index in [4.69, 9.17) is 11.6 Å². The lowest BCUT2D eigenvalue weighted by molar-refractivity contribution is -0.905. The lowest BCUT2D eigenvalue weighted by atomic mass is 9.94. The Kier molecular flexibility index (Phi) is 3.20. The number of hydrogen-bond donors (Lipinski definition) is 0. The molecular weight excluding hydrogens is 158 g/mol. The van der Waals surface area contributed by atoms with Crippen LogP contribution in [0.25, 0.3) is 0 Å². The highest BCUT2D eigenvalue weighted by atomic mass is 35.5. The average molecular weight is 177 g/mol. The summed E-state index contributed by atoms with van der Waals surface area (Å²) < 4.78 is 1.00. The van der Waals surface area contributed by atoms with E-state index >= 15 is 0 Å². The zero-order valence-electron chi connectivity index (χ0n) is 7.65. The number of halogens is 1. The second-order valence-electron chi connectivity index (χ2n) is 4.19. The Morgan fingerprint density at radius 3 is 2.18 bits per heavy atom. The van der Waals surface area contributed by atoms with Crippen molar-refractivity contribution in [3.05, 3.63) is 0 Å². The molecule has 0 saturated heterocycles. The first-order chi connectivity index (χ1) is 5.17. The molecule has 1 rings (SSSR count). The molecule has 0 atom stereocenters. The van der Waals surface area contributed by atoms with Crippen LogP contribution in [0.15, 0.2) is 0 Å². The van der Waals surface area contributed by atoms with Crippen molar-refractivity contribution >= 4 is 11.6 Å². The van der Waals surface area contributed by atoms with Gasteiger partial charge in [-0.2, -0.15) is 0 Å². The van der Waals surface area contributed by atoms with Crippen molar-refractivity contribution in [3.8, 4) is 0 Å². The molecule has 2 heteroatoms. The Morgan fingerprint density at radius 1 is 1.18 bits per heavy atom. The minimum Gasteiger partial charge on any atom is -0.313 e. The Balaban J connectivity index is 2.43. The molecule has 0 heterocycles. The van der Waals surface area contributed by atoms with Gasteiger partial charge in [0, 0.05) is 0 Å². The summed E-state index contributed by atoms with van der Waals surface area (Å²) in [6, 6.07) is 1.58. The molecule has 0 aromatic heterocycles. The number of quaternary nitrogens is 1. The monoisotopic (exact) mass is 176 g/mol. The first-order valence-electron chi connectivity index (χ1n) is 4.55. The normalized spacial score (nSPS) is 22.1. The van der Waals surface area contributed by atoms with E-state index in [1.807, 2.05) is 0 Å². The van der Waals surface area contributed by atoms with E-state index in [0.717, 1.165) is 16.5 Å². The molecule has 66 valence electrons. The van der Waals surface area contributed by atoms with E-state index in [0.29, 0.717) is 0 Å². The van der Waals surface area contributed by atoms with Gasteiger partial charge in [-0.15, -0.1) is 0 Å². The van der Waals surface area contributed by atoms with E-state index in [-0.39, 0.29) is 0 Å². The van der Waals surface area contributed by atoms with Crippen LogP contribution in [-0.2, 0) is 0 Å². The molecule has 0 amide bonds. The van der Waals surface area contributed by atoms with Crippen molar-refractivity contribution < 1.29 is 4.48 Å². The largest absolute Gasteiger partial charge is 0.313 e. The predicted octanol–water partition coefficient (Wildman–Crippen LogP) is 2.59. The Morgan fingerprint density at radius 2 is 1.73 bits per heavy atom. The molecule has 11 heavy (non-hydrogen) atoms. The van der Waals surface area contributed by atoms with Crippen LogP contribution in [0, 0.1) is 0 Å². The van der Waals surface area contributed by atoms with Crippen molar-refractivity contribution in [2.24, 2.45) is 0 Å². The molecule has 0 spiro atoms. The molecule has 1 nitrogen and oxygen atoms in total. The number of hydrogen-bond acceptors (Lipinski definition) is 0. The number of rotatable bonds is 2. The van der Waals surface area contributed by atoms with Gasteiger partial charge in [0.05, 0.1) is 20.1 Å². The minimum absolute atomic E-state index is 0.755. The van der Waals surface area contributed by atoms with Crippen molar-refractivity contribution in [2.75, 3.05) is 20.1 Å². The lowest BCUT2D eigenvalue weighted by Gasteiger charge is -2.38. The summed E-state index contributed by atoms with van der Waals surface area (Å²) in [7, 11) is 4.48. The van der Waals surface area contributed by atoms with Crippen molar-refractivity contribution in [1.29, 1.82) is 0 Å². The Bertz CT molecular complexity index is 117. The Hall–Kier alpha value is 0.250. The van der Waals surface area contributed by atoms with Crippen LogP contribution >= 0.6 is 11.6 Å². The van der Waals surface area contributed by atoms with E-state index in [1.54, 1.807) is 0 Å². The molecule has 0 aliphatic heterocycles. The maximum absolute atomic E-state index is 5.90. The van der Waals surface area contributed by atoms with E-state index in [9.17, 15) is 0 Å². The van der Waals surface area contributed by atoms with Gasteiger partial charge >= 0.3 is 0 Å². The maximum Gasteiger partial charge on any atom is 0.154 e. The average Bonchev–Trinajstić information content (AvgIpc) is 2.06. The van der Waals surface area contributed by atoms with Gasteiger partial charge in [0.25, 0.3) is 0 Å². The van der Waals surface area contributed by atoms with Gasteiger partial charge in [0.1, 0.15) is 0 Å². The van der Waals surface area contributed by atoms with Crippen LogP contribution in [-0.4, -0.2) is 30.6 Å². The third kappa shape index (κ3) is 2.34. The molecule has 0 unspecified atom stereocenters. The quantitative estimate of drug-likeness (QED) is 0.345. The van der Waals surface area contributed by atoms with E-state index < -0.39 is 0 Å². The summed E-state index contributed by atoms with van der Waals surface area (Å²) in [5.41, 5.74) is 0. The van der Waals surface area contributed by atoms with Gasteiger partial charge in [0.15, 0.2) is 6.00 Å². The van der Waals surface area contributed by atoms with Gasteiger partial charge in [-0.3, -0.25) is 0 Å². The summed E-state index contributed by atoms with van der Waals surface area (Å²) in [6.45, 7) is 0. The summed E-state index contributed by atoms with van der Waals surface area (Å²) in [5, 5.41) is 0. The molecule has 1 aliphatic carbocycles. The fraction of sp³-hybridized carbons (Fsp3) is 1.00. The fourth-order valence-corrected chi connectivity index (χ4v) is 2.07. The fourth-order valence-electron chi connectivity index (χ4n) is 1.88. The zero-order valence-corrected chi connectivity index (χ0v) is 8.40. The van der Waals surface area contributed by atoms with Crippen LogP contribution in [0.1, 0.15) is 32.1 Å². The predicted molar refractivity (Wildman–Crippen MR) is 49.7 cm³/mol. The molecule has 0 radical (unpaired) electrons. The number of nitrogens with zero attached hydrogens (tertiary/aromatic N) is 1. The molecule has 1 fully saturated rings. The van der Waals surface area contributed by atoms with Gasteiger partial charge in [-0.05, 0) is 25.7 Å². The highest BCUT2D eigenvalue weighted by molar-refractivity contribution is 6.16. The maximum atomic E-state index is 5.90. The van der Waals surface area contributed by atoms with Crippen LogP contribution in [0.3, 0.4) is 0 Å². The van der Waals surface area contributed by atoms with Crippen molar-refractivity contribution in [1.82, 2.24) is 0 Å². The minimum atomic E-state index is 0.755. The molecule has 1 aliphatic rings. The van der Waals surface area contributed by atoms with Gasteiger partial charge in [0.2, 0.25) is 0 Å². The van der Waals surface area contributed by atoms with Crippen LogP contribution < -0.4 is 0 Å². The lowest BCUT2D eigenvalue weighted by Crippen LogP contribution is -2.48. The van der Waals surface area contributed by atoms with Gasteiger partial charge < -0.3 is 4.48 Å². The van der Waals surface area contributed by atoms with E-state index in [1.165, 1.54) is 32.1 Å². The first kappa shape index (κ1) is 9.34. The summed E-state index contributed by atoms with van der Waals surface area (Å²) in [6.07, 6.45) is 6.99. The van der Waals surface area contributed by atoms with Gasteiger partial charge in [-0.1, -0.05) is 18.0 Å². The first-order valence-corrected chi connectivity index (χ1v) is 5.09. The standard InChI is InChI=1S/C9H19ClN/c1-11(2,8-10)9-6-4-3-5-7-9/h9H,3-8H2,1-2H3/q+1. The number of alkyl halides is 1.